The number of nitrogens with one attached hydrogen (secondary N) is 2. The lowest BCUT2D eigenvalue weighted by Gasteiger charge is -2.39. The number of carbonyl (C=O) groups excluding carboxylic acids is 3. The van der Waals surface area contributed by atoms with Crippen LogP contribution < -0.4 is 26.0 Å². The van der Waals surface area contributed by atoms with E-state index in [2.05, 4.69) is 35.2 Å². The van der Waals surface area contributed by atoms with Gasteiger partial charge >= 0.3 is 5.76 Å². The van der Waals surface area contributed by atoms with Crippen LogP contribution >= 0.6 is 0 Å². The fourth-order valence-electron chi connectivity index (χ4n) is 8.35. The van der Waals surface area contributed by atoms with Gasteiger partial charge < -0.3 is 19.4 Å². The molecule has 0 radical (unpaired) electrons. The maximum Gasteiger partial charge on any atom is 0.420 e. The van der Waals surface area contributed by atoms with E-state index < -0.39 is 17.7 Å². The Morgan fingerprint density at radius 3 is 2.65 bits per heavy atom. The molecule has 6 heterocycles. The number of ether oxygens (including phenoxy) is 1. The van der Waals surface area contributed by atoms with E-state index >= 15 is 0 Å². The van der Waals surface area contributed by atoms with Gasteiger partial charge in [-0.1, -0.05) is 6.07 Å². The van der Waals surface area contributed by atoms with Gasteiger partial charge in [0.25, 0.3) is 5.91 Å². The highest BCUT2D eigenvalue weighted by Gasteiger charge is 2.33. The van der Waals surface area contributed by atoms with Crippen LogP contribution in [-0.4, -0.2) is 91.4 Å². The average Bonchev–Trinajstić information content (AvgIpc) is 3.89. The maximum absolute atomic E-state index is 13.4. The lowest BCUT2D eigenvalue weighted by Crippen LogP contribution is -2.48. The van der Waals surface area contributed by atoms with Crippen molar-refractivity contribution >= 4 is 56.9 Å². The Balaban J connectivity index is 0.812. The van der Waals surface area contributed by atoms with E-state index in [1.165, 1.54) is 4.57 Å². The van der Waals surface area contributed by atoms with Crippen molar-refractivity contribution in [3.05, 3.63) is 77.2 Å². The highest BCUT2D eigenvalue weighted by molar-refractivity contribution is 6.08. The Morgan fingerprint density at radius 2 is 1.85 bits per heavy atom. The Bertz CT molecular complexity index is 2460. The van der Waals surface area contributed by atoms with E-state index in [1.54, 1.807) is 36.2 Å². The number of piperazine rings is 1. The Kier molecular flexibility index (Phi) is 8.60. The van der Waals surface area contributed by atoms with Crippen molar-refractivity contribution in [2.75, 3.05) is 50.1 Å². The zero-order valence-electron chi connectivity index (χ0n) is 29.8. The number of imidazole rings is 1. The fourth-order valence-corrected chi connectivity index (χ4v) is 8.35. The summed E-state index contributed by atoms with van der Waals surface area (Å²) < 4.78 is 16.4. The summed E-state index contributed by atoms with van der Waals surface area (Å²) in [5.74, 6) is -0.197. The van der Waals surface area contributed by atoms with Crippen molar-refractivity contribution in [2.45, 2.75) is 50.6 Å². The first-order chi connectivity index (χ1) is 26.3. The van der Waals surface area contributed by atoms with E-state index in [9.17, 15) is 19.2 Å². The maximum atomic E-state index is 13.4. The standard InChI is InChI=1S/C38H40N10O6/c1-53-31-19-27-24(18-26(31)36(50)41-33-20-39-32-6-3-13-40-48(32)33)22-46(43-27)25-9-7-23(8-10-25)21-44-14-16-45(17-15-44)28-4-2-5-29-35(28)54-38(52)47(29)30-11-12-34(49)42-37(30)51/h2-6,13,18-20,22-23,25,30H,7-12,14-17,21H2,1H3,(H,41,50)(H,42,49,51). The van der Waals surface area contributed by atoms with E-state index in [1.807, 2.05) is 36.5 Å². The average molecular weight is 733 g/mol. The Labute approximate surface area is 308 Å². The fraction of sp³-hybridized carbons (Fsp3) is 0.395. The first-order valence-electron chi connectivity index (χ1n) is 18.4. The molecule has 2 aromatic carbocycles. The minimum Gasteiger partial charge on any atom is -0.496 e. The molecule has 9 rings (SSSR count). The second kappa shape index (κ2) is 13.7. The van der Waals surface area contributed by atoms with Crippen LogP contribution in [0.15, 0.2) is 70.3 Å². The molecule has 54 heavy (non-hydrogen) atoms. The first kappa shape index (κ1) is 33.8. The monoisotopic (exact) mass is 732 g/mol. The van der Waals surface area contributed by atoms with Crippen molar-refractivity contribution in [2.24, 2.45) is 5.92 Å². The van der Waals surface area contributed by atoms with Crippen LogP contribution in [0.2, 0.25) is 0 Å². The van der Waals surface area contributed by atoms with Crippen LogP contribution in [0.1, 0.15) is 61.0 Å². The summed E-state index contributed by atoms with van der Waals surface area (Å²) in [5.41, 5.74) is 3.71. The number of imide groups is 1. The molecule has 3 aliphatic rings. The van der Waals surface area contributed by atoms with Gasteiger partial charge in [-0.3, -0.25) is 33.8 Å². The normalized spacial score (nSPS) is 21.2. The number of carbonyl (C=O) groups is 3. The zero-order valence-corrected chi connectivity index (χ0v) is 29.8. The third-order valence-corrected chi connectivity index (χ3v) is 11.2. The molecule has 2 saturated heterocycles. The number of piperidine rings is 1. The largest absolute Gasteiger partial charge is 0.496 e. The molecule has 16 nitrogen and oxygen atoms in total. The van der Waals surface area contributed by atoms with Gasteiger partial charge in [0.2, 0.25) is 11.8 Å². The molecule has 0 spiro atoms. The molecule has 3 amide bonds. The predicted molar refractivity (Wildman–Crippen MR) is 199 cm³/mol. The van der Waals surface area contributed by atoms with Crippen LogP contribution in [-0.2, 0) is 9.59 Å². The van der Waals surface area contributed by atoms with Gasteiger partial charge in [0.1, 0.15) is 11.8 Å². The van der Waals surface area contributed by atoms with Gasteiger partial charge in [0, 0.05) is 63.0 Å². The summed E-state index contributed by atoms with van der Waals surface area (Å²) in [6, 6.07) is 12.4. The lowest BCUT2D eigenvalue weighted by atomic mass is 9.85. The SMILES string of the molecule is COc1cc2nn(C3CCC(CN4CCN(c5cccc6c5oc(=O)n6C5CCC(=O)NC5=O)CC4)CC3)cc2cc1C(=O)Nc1cnc2cccnn12. The van der Waals surface area contributed by atoms with Crippen molar-refractivity contribution in [1.82, 2.24) is 39.2 Å². The molecule has 1 unspecified atom stereocenters. The molecule has 3 fully saturated rings. The lowest BCUT2D eigenvalue weighted by molar-refractivity contribution is -0.135. The summed E-state index contributed by atoms with van der Waals surface area (Å²) in [6.45, 7) is 4.40. The number of anilines is 2. The number of hydrogen-bond acceptors (Lipinski definition) is 11. The van der Waals surface area contributed by atoms with Gasteiger partial charge in [0.05, 0.1) is 41.6 Å². The smallest absolute Gasteiger partial charge is 0.420 e. The molecular weight excluding hydrogens is 692 g/mol. The van der Waals surface area contributed by atoms with E-state index in [0.717, 1.165) is 75.0 Å². The summed E-state index contributed by atoms with van der Waals surface area (Å²) >= 11 is 0. The van der Waals surface area contributed by atoms with Gasteiger partial charge in [0.15, 0.2) is 17.0 Å². The minimum absolute atomic E-state index is 0.183. The molecule has 1 saturated carbocycles. The molecule has 6 aromatic rings. The number of aromatic nitrogens is 6. The second-order valence-corrected chi connectivity index (χ2v) is 14.4. The highest BCUT2D eigenvalue weighted by atomic mass is 16.5. The highest BCUT2D eigenvalue weighted by Crippen LogP contribution is 2.35. The molecule has 0 bridgehead atoms. The third kappa shape index (κ3) is 6.15. The number of methoxy groups -OCH3 is 1. The summed E-state index contributed by atoms with van der Waals surface area (Å²) in [5, 5.41) is 15.3. The van der Waals surface area contributed by atoms with Crippen molar-refractivity contribution < 1.29 is 23.5 Å². The number of nitrogens with zero attached hydrogens (tertiary/aromatic N) is 8. The second-order valence-electron chi connectivity index (χ2n) is 14.4. The number of fused-ring (bicyclic) bond motifs is 3. The molecule has 278 valence electrons. The van der Waals surface area contributed by atoms with Crippen LogP contribution in [0, 0.1) is 5.92 Å². The molecular formula is C38H40N10O6. The number of amides is 3. The third-order valence-electron chi connectivity index (χ3n) is 11.2. The molecule has 2 N–H and O–H groups in total. The molecule has 4 aromatic heterocycles. The first-order valence-corrected chi connectivity index (χ1v) is 18.4. The zero-order chi connectivity index (χ0) is 36.9. The summed E-state index contributed by atoms with van der Waals surface area (Å²) in [7, 11) is 1.55. The van der Waals surface area contributed by atoms with E-state index in [-0.39, 0.29) is 30.7 Å². The van der Waals surface area contributed by atoms with Crippen LogP contribution in [0.25, 0.3) is 27.6 Å². The van der Waals surface area contributed by atoms with Crippen molar-refractivity contribution in [3.8, 4) is 5.75 Å². The van der Waals surface area contributed by atoms with E-state index in [0.29, 0.717) is 39.8 Å². The van der Waals surface area contributed by atoms with Gasteiger partial charge in [-0.15, -0.1) is 0 Å². The topological polar surface area (TPSA) is 174 Å². The summed E-state index contributed by atoms with van der Waals surface area (Å²) in [6.07, 6.45) is 9.95. The van der Waals surface area contributed by atoms with Gasteiger partial charge in [-0.2, -0.15) is 14.7 Å². The number of para-hydroxylation sites is 1. The van der Waals surface area contributed by atoms with Gasteiger partial charge in [-0.05, 0) is 68.4 Å². The van der Waals surface area contributed by atoms with Crippen molar-refractivity contribution in [1.29, 1.82) is 0 Å². The van der Waals surface area contributed by atoms with Crippen LogP contribution in [0.5, 0.6) is 5.75 Å². The van der Waals surface area contributed by atoms with Crippen molar-refractivity contribution in [3.63, 3.8) is 0 Å². The molecule has 2 aliphatic heterocycles. The molecule has 16 heteroatoms. The van der Waals surface area contributed by atoms with Crippen LogP contribution in [0.3, 0.4) is 0 Å². The van der Waals surface area contributed by atoms with Gasteiger partial charge in [-0.25, -0.2) is 9.78 Å². The van der Waals surface area contributed by atoms with Crippen LogP contribution in [0.4, 0.5) is 11.5 Å². The Hall–Kier alpha value is -6.03. The molecule has 1 atom stereocenters. The number of benzene rings is 2. The number of oxazole rings is 1. The Morgan fingerprint density at radius 1 is 1.02 bits per heavy atom. The van der Waals surface area contributed by atoms with E-state index in [4.69, 9.17) is 14.3 Å². The quantitative estimate of drug-likeness (QED) is 0.218. The summed E-state index contributed by atoms with van der Waals surface area (Å²) in [4.78, 5) is 59.7. The minimum atomic E-state index is -0.769. The molecule has 1 aliphatic carbocycles. The predicted octanol–water partition coefficient (Wildman–Crippen LogP) is 3.78. The number of rotatable bonds is 8. The number of hydrogen-bond donors (Lipinski definition) is 2.